The van der Waals surface area contributed by atoms with Crippen molar-refractivity contribution in [2.24, 2.45) is 0 Å². The fraction of sp³-hybridized carbons (Fsp3) is 0.417. The summed E-state index contributed by atoms with van der Waals surface area (Å²) in [6.45, 7) is 2.28. The standard InChI is InChI=1S/C24H31N3O/c1-3-4-5-6-9-17-10-7-11-20-19(17)14-18(26-20)15-23-24(28-2)16-22(27-23)21-12-8-13-25-21/h8,11-17,25-27H,3-7,9-10H2,1-2H3. The van der Waals surface area contributed by atoms with Gasteiger partial charge >= 0.3 is 0 Å². The molecule has 3 aromatic rings. The number of hydrogen-bond donors (Lipinski definition) is 3. The van der Waals surface area contributed by atoms with Gasteiger partial charge in [-0.3, -0.25) is 0 Å². The molecule has 4 rings (SSSR count). The summed E-state index contributed by atoms with van der Waals surface area (Å²) < 4.78 is 5.60. The van der Waals surface area contributed by atoms with Crippen LogP contribution in [0.4, 0.5) is 0 Å². The predicted octanol–water partition coefficient (Wildman–Crippen LogP) is 4.80. The number of fused-ring (bicyclic) bond motifs is 1. The molecule has 0 saturated carbocycles. The Morgan fingerprint density at radius 1 is 1.14 bits per heavy atom. The van der Waals surface area contributed by atoms with Crippen LogP contribution in [0.15, 0.2) is 30.5 Å². The lowest BCUT2D eigenvalue weighted by atomic mass is 9.87. The van der Waals surface area contributed by atoms with E-state index < -0.39 is 0 Å². The molecule has 0 amide bonds. The van der Waals surface area contributed by atoms with Gasteiger partial charge in [-0.25, -0.2) is 0 Å². The van der Waals surface area contributed by atoms with Gasteiger partial charge in [-0.2, -0.15) is 0 Å². The smallest absolute Gasteiger partial charge is 0.144 e. The minimum atomic E-state index is 0.690. The van der Waals surface area contributed by atoms with Crippen LogP contribution < -0.4 is 15.4 Å². The maximum absolute atomic E-state index is 5.60. The van der Waals surface area contributed by atoms with Gasteiger partial charge in [-0.05, 0) is 55.0 Å². The van der Waals surface area contributed by atoms with Crippen molar-refractivity contribution in [2.45, 2.75) is 57.8 Å². The highest BCUT2D eigenvalue weighted by Crippen LogP contribution is 2.28. The molecule has 0 radical (unpaired) electrons. The predicted molar refractivity (Wildman–Crippen MR) is 116 cm³/mol. The lowest BCUT2D eigenvalue weighted by Crippen LogP contribution is -2.18. The van der Waals surface area contributed by atoms with Crippen molar-refractivity contribution in [2.75, 3.05) is 7.11 Å². The first kappa shape index (κ1) is 18.7. The lowest BCUT2D eigenvalue weighted by Gasteiger charge is -2.18. The van der Waals surface area contributed by atoms with E-state index in [2.05, 4.69) is 46.2 Å². The summed E-state index contributed by atoms with van der Waals surface area (Å²) in [5.74, 6) is 1.55. The van der Waals surface area contributed by atoms with Crippen molar-refractivity contribution >= 4 is 12.2 Å². The number of methoxy groups -OCH3 is 1. The van der Waals surface area contributed by atoms with Crippen molar-refractivity contribution in [3.8, 4) is 17.1 Å². The molecule has 28 heavy (non-hydrogen) atoms. The van der Waals surface area contributed by atoms with Crippen molar-refractivity contribution < 1.29 is 4.74 Å². The number of aromatic amines is 3. The van der Waals surface area contributed by atoms with Crippen LogP contribution in [0.5, 0.6) is 5.75 Å². The lowest BCUT2D eigenvalue weighted by molar-refractivity contribution is 0.414. The zero-order valence-electron chi connectivity index (χ0n) is 17.0. The minimum absolute atomic E-state index is 0.690. The molecule has 1 atom stereocenters. The van der Waals surface area contributed by atoms with E-state index in [1.807, 2.05) is 18.3 Å². The molecule has 1 aliphatic carbocycles. The van der Waals surface area contributed by atoms with Crippen LogP contribution in [-0.2, 0) is 0 Å². The number of ether oxygens (including phenoxy) is 1. The normalized spacial score (nSPS) is 16.8. The van der Waals surface area contributed by atoms with E-state index in [1.165, 1.54) is 55.9 Å². The maximum Gasteiger partial charge on any atom is 0.144 e. The number of nitrogens with one attached hydrogen (secondary N) is 3. The topological polar surface area (TPSA) is 56.6 Å². The second kappa shape index (κ2) is 8.59. The van der Waals surface area contributed by atoms with Crippen LogP contribution >= 0.6 is 0 Å². The Balaban J connectivity index is 1.61. The highest BCUT2D eigenvalue weighted by molar-refractivity contribution is 5.65. The summed E-state index contributed by atoms with van der Waals surface area (Å²) in [6.07, 6.45) is 15.6. The zero-order chi connectivity index (χ0) is 19.3. The van der Waals surface area contributed by atoms with Gasteiger partial charge in [0.2, 0.25) is 0 Å². The number of rotatable bonds is 8. The summed E-state index contributed by atoms with van der Waals surface area (Å²) >= 11 is 0. The van der Waals surface area contributed by atoms with Gasteiger partial charge in [-0.15, -0.1) is 0 Å². The molecular formula is C24H31N3O. The summed E-state index contributed by atoms with van der Waals surface area (Å²) in [5, 5.41) is 2.45. The highest BCUT2D eigenvalue weighted by Gasteiger charge is 2.17. The van der Waals surface area contributed by atoms with Crippen molar-refractivity contribution in [1.82, 2.24) is 15.0 Å². The first-order valence-electron chi connectivity index (χ1n) is 10.6. The number of hydrogen-bond acceptors (Lipinski definition) is 1. The third-order valence-corrected chi connectivity index (χ3v) is 5.83. The van der Waals surface area contributed by atoms with E-state index >= 15 is 0 Å². The van der Waals surface area contributed by atoms with Crippen LogP contribution in [0.2, 0.25) is 0 Å². The summed E-state index contributed by atoms with van der Waals surface area (Å²) in [5.41, 5.74) is 4.57. The Bertz CT molecular complexity index is 1010. The molecule has 3 heterocycles. The molecule has 148 valence electrons. The molecule has 0 aromatic carbocycles. The summed E-state index contributed by atoms with van der Waals surface area (Å²) in [6, 6.07) is 8.44. The van der Waals surface area contributed by atoms with E-state index in [1.54, 1.807) is 7.11 Å². The fourth-order valence-corrected chi connectivity index (χ4v) is 4.32. The Morgan fingerprint density at radius 3 is 2.86 bits per heavy atom. The molecule has 3 N–H and O–H groups in total. The van der Waals surface area contributed by atoms with E-state index in [4.69, 9.17) is 4.74 Å². The van der Waals surface area contributed by atoms with E-state index in [0.717, 1.165) is 28.2 Å². The van der Waals surface area contributed by atoms with E-state index in [0.29, 0.717) is 5.92 Å². The van der Waals surface area contributed by atoms with Crippen molar-refractivity contribution in [3.63, 3.8) is 0 Å². The molecule has 3 aromatic heterocycles. The minimum Gasteiger partial charge on any atom is -0.494 e. The van der Waals surface area contributed by atoms with E-state index in [-0.39, 0.29) is 0 Å². The molecule has 0 saturated heterocycles. The fourth-order valence-electron chi connectivity index (χ4n) is 4.32. The largest absolute Gasteiger partial charge is 0.494 e. The average molecular weight is 378 g/mol. The summed E-state index contributed by atoms with van der Waals surface area (Å²) in [7, 11) is 1.72. The Kier molecular flexibility index (Phi) is 5.75. The Morgan fingerprint density at radius 2 is 2.07 bits per heavy atom. The van der Waals surface area contributed by atoms with Crippen LogP contribution in [0, 0.1) is 0 Å². The second-order valence-electron chi connectivity index (χ2n) is 7.81. The van der Waals surface area contributed by atoms with Gasteiger partial charge in [0.1, 0.15) is 5.75 Å². The second-order valence-corrected chi connectivity index (χ2v) is 7.81. The molecule has 1 aliphatic rings. The molecule has 0 bridgehead atoms. The van der Waals surface area contributed by atoms with Crippen molar-refractivity contribution in [3.05, 3.63) is 52.4 Å². The van der Waals surface area contributed by atoms with Crippen molar-refractivity contribution in [1.29, 1.82) is 0 Å². The number of H-pyrrole nitrogens is 3. The van der Waals surface area contributed by atoms with Gasteiger partial charge in [-0.1, -0.05) is 38.7 Å². The van der Waals surface area contributed by atoms with Gasteiger partial charge in [0, 0.05) is 23.0 Å². The monoisotopic (exact) mass is 377 g/mol. The third-order valence-electron chi connectivity index (χ3n) is 5.83. The zero-order valence-corrected chi connectivity index (χ0v) is 17.0. The summed E-state index contributed by atoms with van der Waals surface area (Å²) in [4.78, 5) is 10.3. The molecular weight excluding hydrogens is 346 g/mol. The number of unbranched alkanes of at least 4 members (excludes halogenated alkanes) is 3. The van der Waals surface area contributed by atoms with Crippen LogP contribution in [0.3, 0.4) is 0 Å². The first-order valence-corrected chi connectivity index (χ1v) is 10.6. The molecule has 4 nitrogen and oxygen atoms in total. The van der Waals surface area contributed by atoms with Gasteiger partial charge < -0.3 is 19.7 Å². The highest BCUT2D eigenvalue weighted by atomic mass is 16.5. The Labute approximate surface area is 166 Å². The van der Waals surface area contributed by atoms with Gasteiger partial charge in [0.25, 0.3) is 0 Å². The molecule has 4 heteroatoms. The number of aromatic nitrogens is 3. The Hall–Kier alpha value is -2.62. The average Bonchev–Trinajstić information content (AvgIpc) is 3.44. The van der Waals surface area contributed by atoms with Gasteiger partial charge in [0.05, 0.1) is 24.2 Å². The van der Waals surface area contributed by atoms with Gasteiger partial charge in [0.15, 0.2) is 0 Å². The van der Waals surface area contributed by atoms with Crippen LogP contribution in [0.25, 0.3) is 23.5 Å². The molecule has 0 spiro atoms. The molecule has 1 unspecified atom stereocenters. The molecule has 0 aliphatic heterocycles. The van der Waals surface area contributed by atoms with Crippen LogP contribution in [0.1, 0.15) is 69.0 Å². The third kappa shape index (κ3) is 3.96. The maximum atomic E-state index is 5.60. The van der Waals surface area contributed by atoms with Crippen LogP contribution in [-0.4, -0.2) is 22.1 Å². The van der Waals surface area contributed by atoms with E-state index in [9.17, 15) is 0 Å². The first-order chi connectivity index (χ1) is 13.8. The molecule has 0 fully saturated rings. The quantitative estimate of drug-likeness (QED) is 0.485. The SMILES string of the molecule is CCCCCCC1CCC=c2[nH]c(=Cc3[nH]c(-c4ccc[nH]4)cc3OC)cc21.